The molecule has 1 N–H and O–H groups in total. The van der Waals surface area contributed by atoms with Gasteiger partial charge in [-0.3, -0.25) is 9.53 Å². The fourth-order valence-corrected chi connectivity index (χ4v) is 1.55. The fourth-order valence-electron chi connectivity index (χ4n) is 1.55. The molecule has 0 bridgehead atoms. The molecule has 0 spiro atoms. The lowest BCUT2D eigenvalue weighted by Gasteiger charge is -2.41. The second-order valence-electron chi connectivity index (χ2n) is 3.48. The standard InChI is InChI=1S/C8H11F3O3/c9-8(10,11)14-7(3-1-4-7)5-2-6(12)13/h1-5H2,(H,12,13). The van der Waals surface area contributed by atoms with Crippen molar-refractivity contribution in [3.8, 4) is 0 Å². The highest BCUT2D eigenvalue weighted by atomic mass is 19.4. The summed E-state index contributed by atoms with van der Waals surface area (Å²) < 4.78 is 39.7. The first-order chi connectivity index (χ1) is 6.33. The molecular formula is C8H11F3O3. The Labute approximate surface area is 78.9 Å². The lowest BCUT2D eigenvalue weighted by molar-refractivity contribution is -0.379. The topological polar surface area (TPSA) is 46.5 Å². The predicted molar refractivity (Wildman–Crippen MR) is 40.6 cm³/mol. The van der Waals surface area contributed by atoms with Crippen molar-refractivity contribution in [1.82, 2.24) is 0 Å². The van der Waals surface area contributed by atoms with Crippen LogP contribution in [-0.2, 0) is 9.53 Å². The number of aliphatic carboxylic acids is 1. The molecule has 0 heterocycles. The quantitative estimate of drug-likeness (QED) is 0.777. The van der Waals surface area contributed by atoms with Gasteiger partial charge in [0.25, 0.3) is 0 Å². The Morgan fingerprint density at radius 2 is 2.00 bits per heavy atom. The molecule has 1 aliphatic rings. The molecular weight excluding hydrogens is 201 g/mol. The molecule has 0 radical (unpaired) electrons. The largest absolute Gasteiger partial charge is 0.523 e. The van der Waals surface area contributed by atoms with Crippen molar-refractivity contribution < 1.29 is 27.8 Å². The molecule has 0 unspecified atom stereocenters. The molecule has 1 fully saturated rings. The minimum Gasteiger partial charge on any atom is -0.481 e. The van der Waals surface area contributed by atoms with Crippen molar-refractivity contribution >= 4 is 5.97 Å². The predicted octanol–water partition coefficient (Wildman–Crippen LogP) is 2.31. The second-order valence-corrected chi connectivity index (χ2v) is 3.48. The summed E-state index contributed by atoms with van der Waals surface area (Å²) in [6, 6.07) is 0. The summed E-state index contributed by atoms with van der Waals surface area (Å²) in [5.74, 6) is -1.10. The maximum atomic E-state index is 11.9. The summed E-state index contributed by atoms with van der Waals surface area (Å²) >= 11 is 0. The lowest BCUT2D eigenvalue weighted by atomic mass is 9.77. The minimum absolute atomic E-state index is 0.0676. The Morgan fingerprint density at radius 1 is 1.43 bits per heavy atom. The molecule has 0 aliphatic heterocycles. The van der Waals surface area contributed by atoms with Gasteiger partial charge in [0.15, 0.2) is 0 Å². The Bertz CT molecular complexity index is 220. The summed E-state index contributed by atoms with van der Waals surface area (Å²) in [6.45, 7) is 0. The van der Waals surface area contributed by atoms with Gasteiger partial charge < -0.3 is 5.11 Å². The Hall–Kier alpha value is -0.780. The lowest BCUT2D eigenvalue weighted by Crippen LogP contribution is -2.44. The Kier molecular flexibility index (Phi) is 3.04. The van der Waals surface area contributed by atoms with Gasteiger partial charge in [0.2, 0.25) is 0 Å². The van der Waals surface area contributed by atoms with Crippen molar-refractivity contribution in [3.63, 3.8) is 0 Å². The molecule has 0 aromatic heterocycles. The van der Waals surface area contributed by atoms with Crippen LogP contribution in [0.5, 0.6) is 0 Å². The van der Waals surface area contributed by atoms with E-state index in [9.17, 15) is 18.0 Å². The third-order valence-electron chi connectivity index (χ3n) is 2.39. The molecule has 6 heteroatoms. The highest BCUT2D eigenvalue weighted by molar-refractivity contribution is 5.66. The number of rotatable bonds is 4. The van der Waals surface area contributed by atoms with Crippen LogP contribution in [0.2, 0.25) is 0 Å². The zero-order valence-corrected chi connectivity index (χ0v) is 7.43. The highest BCUT2D eigenvalue weighted by Crippen LogP contribution is 2.43. The number of alkyl halides is 3. The minimum atomic E-state index is -4.67. The van der Waals surface area contributed by atoms with Crippen LogP contribution in [0.1, 0.15) is 32.1 Å². The van der Waals surface area contributed by atoms with Gasteiger partial charge in [-0.1, -0.05) is 0 Å². The average molecular weight is 212 g/mol. The average Bonchev–Trinajstić information content (AvgIpc) is 1.92. The summed E-state index contributed by atoms with van der Waals surface area (Å²) in [4.78, 5) is 10.2. The number of carboxylic acid groups (broad SMARTS) is 1. The fraction of sp³-hybridized carbons (Fsp3) is 0.875. The summed E-state index contributed by atoms with van der Waals surface area (Å²) in [6.07, 6.45) is -3.77. The van der Waals surface area contributed by atoms with E-state index in [4.69, 9.17) is 5.11 Å². The smallest absolute Gasteiger partial charge is 0.481 e. The van der Waals surface area contributed by atoms with E-state index < -0.39 is 17.9 Å². The van der Waals surface area contributed by atoms with E-state index in [2.05, 4.69) is 4.74 Å². The molecule has 1 aliphatic carbocycles. The van der Waals surface area contributed by atoms with E-state index in [1.165, 1.54) is 0 Å². The number of hydrogen-bond donors (Lipinski definition) is 1. The monoisotopic (exact) mass is 212 g/mol. The van der Waals surface area contributed by atoms with Crippen molar-refractivity contribution in [1.29, 1.82) is 0 Å². The van der Waals surface area contributed by atoms with E-state index in [0.29, 0.717) is 19.3 Å². The molecule has 1 saturated carbocycles. The number of halogens is 3. The van der Waals surface area contributed by atoms with Crippen LogP contribution >= 0.6 is 0 Å². The van der Waals surface area contributed by atoms with Gasteiger partial charge in [-0.15, -0.1) is 13.2 Å². The third-order valence-corrected chi connectivity index (χ3v) is 2.39. The van der Waals surface area contributed by atoms with Gasteiger partial charge >= 0.3 is 12.3 Å². The van der Waals surface area contributed by atoms with Crippen molar-refractivity contribution in [3.05, 3.63) is 0 Å². The van der Waals surface area contributed by atoms with Gasteiger partial charge in [0.1, 0.15) is 0 Å². The maximum absolute atomic E-state index is 11.9. The SMILES string of the molecule is O=C(O)CCC1(OC(F)(F)F)CCC1. The zero-order valence-electron chi connectivity index (χ0n) is 7.43. The van der Waals surface area contributed by atoms with E-state index in [-0.39, 0.29) is 12.8 Å². The molecule has 0 aromatic carbocycles. The molecule has 0 saturated heterocycles. The number of ether oxygens (including phenoxy) is 1. The van der Waals surface area contributed by atoms with Crippen LogP contribution in [0.15, 0.2) is 0 Å². The van der Waals surface area contributed by atoms with Crippen LogP contribution in [0.3, 0.4) is 0 Å². The van der Waals surface area contributed by atoms with E-state index >= 15 is 0 Å². The third kappa shape index (κ3) is 3.17. The number of carboxylic acids is 1. The van der Waals surface area contributed by atoms with E-state index in [1.54, 1.807) is 0 Å². The van der Waals surface area contributed by atoms with Gasteiger partial charge in [-0.2, -0.15) is 0 Å². The first-order valence-corrected chi connectivity index (χ1v) is 4.32. The molecule has 3 nitrogen and oxygen atoms in total. The van der Waals surface area contributed by atoms with Gasteiger partial charge in [0.05, 0.1) is 5.60 Å². The Morgan fingerprint density at radius 3 is 2.29 bits per heavy atom. The molecule has 14 heavy (non-hydrogen) atoms. The normalized spacial score (nSPS) is 20.2. The van der Waals surface area contributed by atoms with Crippen molar-refractivity contribution in [2.24, 2.45) is 0 Å². The first kappa shape index (κ1) is 11.3. The molecule has 0 atom stereocenters. The number of hydrogen-bond acceptors (Lipinski definition) is 2. The summed E-state index contributed by atoms with van der Waals surface area (Å²) in [5.41, 5.74) is -1.27. The number of carbonyl (C=O) groups is 1. The zero-order chi connectivity index (χ0) is 10.8. The Balaban J connectivity index is 2.45. The van der Waals surface area contributed by atoms with Crippen LogP contribution in [0.25, 0.3) is 0 Å². The maximum Gasteiger partial charge on any atom is 0.523 e. The van der Waals surface area contributed by atoms with Gasteiger partial charge in [-0.25, -0.2) is 0 Å². The van der Waals surface area contributed by atoms with Crippen molar-refractivity contribution in [2.45, 2.75) is 44.1 Å². The van der Waals surface area contributed by atoms with Crippen LogP contribution in [0, 0.1) is 0 Å². The molecule has 82 valence electrons. The highest BCUT2D eigenvalue weighted by Gasteiger charge is 2.47. The van der Waals surface area contributed by atoms with E-state index in [0.717, 1.165) is 0 Å². The van der Waals surface area contributed by atoms with Gasteiger partial charge in [-0.05, 0) is 25.7 Å². The molecule has 1 rings (SSSR count). The molecule has 0 amide bonds. The first-order valence-electron chi connectivity index (χ1n) is 4.32. The van der Waals surface area contributed by atoms with Crippen molar-refractivity contribution in [2.75, 3.05) is 0 Å². The van der Waals surface area contributed by atoms with E-state index in [1.807, 2.05) is 0 Å². The summed E-state index contributed by atoms with van der Waals surface area (Å²) in [5, 5.41) is 8.36. The van der Waals surface area contributed by atoms with Crippen LogP contribution < -0.4 is 0 Å². The van der Waals surface area contributed by atoms with Gasteiger partial charge in [0, 0.05) is 6.42 Å². The second kappa shape index (κ2) is 3.76. The van der Waals surface area contributed by atoms with Crippen LogP contribution in [0.4, 0.5) is 13.2 Å². The van der Waals surface area contributed by atoms with Crippen LogP contribution in [-0.4, -0.2) is 23.0 Å². The summed E-state index contributed by atoms with van der Waals surface area (Å²) in [7, 11) is 0. The molecule has 0 aromatic rings.